The molecule has 1 aromatic carbocycles. The minimum Gasteiger partial charge on any atom is -0.495 e. The van der Waals surface area contributed by atoms with E-state index in [1.54, 1.807) is 7.11 Å². The lowest BCUT2D eigenvalue weighted by molar-refractivity contribution is 0.267. The normalized spacial score (nSPS) is 12.9. The quantitative estimate of drug-likeness (QED) is 0.854. The Labute approximate surface area is 101 Å². The van der Waals surface area contributed by atoms with Crippen molar-refractivity contribution in [1.29, 1.82) is 0 Å². The smallest absolute Gasteiger partial charge is 0.138 e. The third-order valence-corrected chi connectivity index (χ3v) is 2.98. The molecular weight excluding hydrogens is 226 g/mol. The largest absolute Gasteiger partial charge is 0.495 e. The van der Waals surface area contributed by atoms with Crippen molar-refractivity contribution in [2.24, 2.45) is 5.73 Å². The molecule has 4 heteroatoms. The molecule has 0 aromatic heterocycles. The average molecular weight is 244 g/mol. The van der Waals surface area contributed by atoms with Crippen LogP contribution in [0.2, 0.25) is 5.02 Å². The van der Waals surface area contributed by atoms with Crippen LogP contribution in [0.25, 0.3) is 0 Å². The Bertz CT molecular complexity index is 366. The molecule has 3 N–H and O–H groups in total. The van der Waals surface area contributed by atoms with E-state index in [1.807, 2.05) is 12.1 Å². The molecule has 0 spiro atoms. The lowest BCUT2D eigenvalue weighted by atomic mass is 9.97. The van der Waals surface area contributed by atoms with Crippen LogP contribution in [-0.4, -0.2) is 18.8 Å². The number of hydrogen-bond acceptors (Lipinski definition) is 3. The molecule has 0 aliphatic heterocycles. The van der Waals surface area contributed by atoms with Crippen molar-refractivity contribution in [3.8, 4) is 5.75 Å². The van der Waals surface area contributed by atoms with Crippen LogP contribution < -0.4 is 10.5 Å². The topological polar surface area (TPSA) is 55.5 Å². The third kappa shape index (κ3) is 2.67. The summed E-state index contributed by atoms with van der Waals surface area (Å²) in [5.41, 5.74) is 7.62. The fourth-order valence-corrected chi connectivity index (χ4v) is 1.82. The van der Waals surface area contributed by atoms with Gasteiger partial charge >= 0.3 is 0 Å². The highest BCUT2D eigenvalue weighted by molar-refractivity contribution is 6.32. The van der Waals surface area contributed by atoms with Crippen molar-refractivity contribution in [2.75, 3.05) is 13.7 Å². The highest BCUT2D eigenvalue weighted by Crippen LogP contribution is 2.34. The summed E-state index contributed by atoms with van der Waals surface area (Å²) in [6, 6.07) is 3.36. The number of hydrogen-bond donors (Lipinski definition) is 2. The van der Waals surface area contributed by atoms with Crippen LogP contribution in [0.1, 0.15) is 36.9 Å². The maximum Gasteiger partial charge on any atom is 0.138 e. The molecular formula is C12H18ClNO2. The minimum atomic E-state index is -0.472. The second-order valence-electron chi connectivity index (χ2n) is 4.07. The van der Waals surface area contributed by atoms with E-state index in [0.717, 1.165) is 11.1 Å². The molecule has 0 saturated heterocycles. The predicted molar refractivity (Wildman–Crippen MR) is 66.1 cm³/mol. The van der Waals surface area contributed by atoms with Crippen LogP contribution in [0.3, 0.4) is 0 Å². The summed E-state index contributed by atoms with van der Waals surface area (Å²) in [6.45, 7) is 4.03. The first kappa shape index (κ1) is 13.3. The molecule has 0 fully saturated rings. The fraction of sp³-hybridized carbons (Fsp3) is 0.500. The first-order valence-electron chi connectivity index (χ1n) is 5.25. The van der Waals surface area contributed by atoms with E-state index in [1.165, 1.54) is 0 Å². The van der Waals surface area contributed by atoms with Gasteiger partial charge in [0.25, 0.3) is 0 Å². The van der Waals surface area contributed by atoms with Crippen LogP contribution in [0.5, 0.6) is 5.75 Å². The van der Waals surface area contributed by atoms with E-state index in [0.29, 0.717) is 16.7 Å². The van der Waals surface area contributed by atoms with Gasteiger partial charge in [0.15, 0.2) is 0 Å². The standard InChI is InChI=1S/C12H18ClNO2/c1-7(2)8-4-9(10(14)6-15)12(13)11(5-8)16-3/h4-5,7,10,15H,6,14H2,1-3H3. The average Bonchev–Trinajstić information content (AvgIpc) is 2.28. The maximum atomic E-state index is 9.08. The van der Waals surface area contributed by atoms with Crippen molar-refractivity contribution in [3.05, 3.63) is 28.3 Å². The molecule has 1 atom stereocenters. The van der Waals surface area contributed by atoms with E-state index in [9.17, 15) is 0 Å². The van der Waals surface area contributed by atoms with Crippen LogP contribution >= 0.6 is 11.6 Å². The van der Waals surface area contributed by atoms with Crippen molar-refractivity contribution in [2.45, 2.75) is 25.8 Å². The summed E-state index contributed by atoms with van der Waals surface area (Å²) in [4.78, 5) is 0. The second-order valence-corrected chi connectivity index (χ2v) is 4.45. The zero-order chi connectivity index (χ0) is 12.3. The Balaban J connectivity index is 3.29. The van der Waals surface area contributed by atoms with Crippen molar-refractivity contribution in [1.82, 2.24) is 0 Å². The van der Waals surface area contributed by atoms with Gasteiger partial charge in [-0.3, -0.25) is 0 Å². The molecule has 0 aliphatic rings. The number of halogens is 1. The van der Waals surface area contributed by atoms with Crippen LogP contribution in [0.15, 0.2) is 12.1 Å². The van der Waals surface area contributed by atoms with Gasteiger partial charge in [0, 0.05) is 0 Å². The van der Waals surface area contributed by atoms with Gasteiger partial charge in [-0.1, -0.05) is 31.5 Å². The number of benzene rings is 1. The molecule has 3 nitrogen and oxygen atoms in total. The first-order valence-corrected chi connectivity index (χ1v) is 5.62. The van der Waals surface area contributed by atoms with E-state index >= 15 is 0 Å². The molecule has 0 radical (unpaired) electrons. The molecule has 1 unspecified atom stereocenters. The highest BCUT2D eigenvalue weighted by Gasteiger charge is 2.16. The van der Waals surface area contributed by atoms with Crippen molar-refractivity contribution < 1.29 is 9.84 Å². The molecule has 0 heterocycles. The van der Waals surface area contributed by atoms with Gasteiger partial charge in [-0.15, -0.1) is 0 Å². The van der Waals surface area contributed by atoms with E-state index < -0.39 is 6.04 Å². The number of rotatable bonds is 4. The Hall–Kier alpha value is -0.770. The Kier molecular flexibility index (Phi) is 4.59. The number of aliphatic hydroxyl groups is 1. The molecule has 1 rings (SSSR count). The third-order valence-electron chi connectivity index (χ3n) is 2.57. The van der Waals surface area contributed by atoms with Gasteiger partial charge in [0.2, 0.25) is 0 Å². The fourth-order valence-electron chi connectivity index (χ4n) is 1.49. The lowest BCUT2D eigenvalue weighted by Crippen LogP contribution is -2.15. The van der Waals surface area contributed by atoms with Gasteiger partial charge in [-0.2, -0.15) is 0 Å². The molecule has 0 aliphatic carbocycles. The van der Waals surface area contributed by atoms with Crippen LogP contribution in [0.4, 0.5) is 0 Å². The molecule has 16 heavy (non-hydrogen) atoms. The lowest BCUT2D eigenvalue weighted by Gasteiger charge is -2.17. The highest BCUT2D eigenvalue weighted by atomic mass is 35.5. The van der Waals surface area contributed by atoms with Crippen LogP contribution in [0, 0.1) is 0 Å². The summed E-state index contributed by atoms with van der Waals surface area (Å²) < 4.78 is 5.20. The van der Waals surface area contributed by atoms with E-state index in [-0.39, 0.29) is 6.61 Å². The zero-order valence-corrected chi connectivity index (χ0v) is 10.6. The predicted octanol–water partition coefficient (Wildman–Crippen LogP) is 2.46. The maximum absolute atomic E-state index is 9.08. The Morgan fingerprint density at radius 3 is 2.50 bits per heavy atom. The van der Waals surface area contributed by atoms with Crippen molar-refractivity contribution in [3.63, 3.8) is 0 Å². The minimum absolute atomic E-state index is 0.135. The number of ether oxygens (including phenoxy) is 1. The summed E-state index contributed by atoms with van der Waals surface area (Å²) in [5.74, 6) is 0.961. The van der Waals surface area contributed by atoms with E-state index in [2.05, 4.69) is 13.8 Å². The van der Waals surface area contributed by atoms with Gasteiger partial charge in [0.05, 0.1) is 24.8 Å². The van der Waals surface area contributed by atoms with Crippen molar-refractivity contribution >= 4 is 11.6 Å². The van der Waals surface area contributed by atoms with Gasteiger partial charge in [-0.25, -0.2) is 0 Å². The molecule has 0 bridgehead atoms. The summed E-state index contributed by atoms with van der Waals surface area (Å²) >= 11 is 6.14. The number of methoxy groups -OCH3 is 1. The monoisotopic (exact) mass is 243 g/mol. The number of nitrogens with two attached hydrogens (primary N) is 1. The zero-order valence-electron chi connectivity index (χ0n) is 9.83. The number of aliphatic hydroxyl groups excluding tert-OH is 1. The Morgan fingerprint density at radius 1 is 1.44 bits per heavy atom. The second kappa shape index (κ2) is 5.53. The summed E-state index contributed by atoms with van der Waals surface area (Å²) in [6.07, 6.45) is 0. The molecule has 1 aromatic rings. The molecule has 0 saturated carbocycles. The van der Waals surface area contributed by atoms with Gasteiger partial charge in [0.1, 0.15) is 5.75 Å². The summed E-state index contributed by atoms with van der Waals surface area (Å²) in [7, 11) is 1.57. The first-order chi connectivity index (χ1) is 7.51. The van der Waals surface area contributed by atoms with Gasteiger partial charge in [-0.05, 0) is 23.1 Å². The Morgan fingerprint density at radius 2 is 2.06 bits per heavy atom. The SMILES string of the molecule is COc1cc(C(C)C)cc(C(N)CO)c1Cl. The molecule has 90 valence electrons. The summed E-state index contributed by atoms with van der Waals surface area (Å²) in [5, 5.41) is 9.56. The molecule has 0 amide bonds. The van der Waals surface area contributed by atoms with E-state index in [4.69, 9.17) is 27.2 Å². The van der Waals surface area contributed by atoms with Gasteiger partial charge < -0.3 is 15.6 Å². The van der Waals surface area contributed by atoms with Crippen LogP contribution in [-0.2, 0) is 0 Å².